The molecule has 1 N–H and O–H groups in total. The summed E-state index contributed by atoms with van der Waals surface area (Å²) in [6.45, 7) is 28.7. The molecule has 0 spiro atoms. The monoisotopic (exact) mass is 484 g/mol. The molecule has 0 heterocycles. The van der Waals surface area contributed by atoms with Gasteiger partial charge < -0.3 is 5.11 Å². The van der Waals surface area contributed by atoms with E-state index in [1.807, 2.05) is 27.7 Å². The number of Topliss-reactive ketones (excluding diaryl/α,β-unsaturated/α-hetero) is 3. The van der Waals surface area contributed by atoms with E-state index in [1.165, 1.54) is 0 Å². The molecule has 2 atom stereocenters. The molecular formula is C29H56O5. The number of carbonyl (C=O) groups excluding carboxylic acids is 3. The number of carboxylic acid groups (broad SMARTS) is 1. The predicted molar refractivity (Wildman–Crippen MR) is 143 cm³/mol. The summed E-state index contributed by atoms with van der Waals surface area (Å²) in [4.78, 5) is 42.6. The second-order valence-electron chi connectivity index (χ2n) is 11.8. The summed E-state index contributed by atoms with van der Waals surface area (Å²) in [6, 6.07) is 0. The van der Waals surface area contributed by atoms with E-state index in [0.717, 1.165) is 12.8 Å². The van der Waals surface area contributed by atoms with Crippen molar-refractivity contribution in [2.75, 3.05) is 0 Å². The van der Waals surface area contributed by atoms with Gasteiger partial charge in [0.25, 0.3) is 0 Å². The van der Waals surface area contributed by atoms with Gasteiger partial charge in [0.2, 0.25) is 0 Å². The second kappa shape index (κ2) is 16.2. The molecule has 1 fully saturated rings. The molecule has 5 nitrogen and oxygen atoms in total. The molecule has 0 aliphatic heterocycles. The van der Waals surface area contributed by atoms with E-state index in [-0.39, 0.29) is 23.2 Å². The highest BCUT2D eigenvalue weighted by Gasteiger charge is 2.49. The van der Waals surface area contributed by atoms with E-state index in [9.17, 15) is 19.2 Å². The Morgan fingerprint density at radius 2 is 0.971 bits per heavy atom. The van der Waals surface area contributed by atoms with Crippen molar-refractivity contribution in [2.24, 2.45) is 46.3 Å². The number of ketones is 3. The molecule has 0 bridgehead atoms. The van der Waals surface area contributed by atoms with Gasteiger partial charge >= 0.3 is 5.97 Å². The van der Waals surface area contributed by atoms with Gasteiger partial charge in [-0.15, -0.1) is 0 Å². The maximum absolute atomic E-state index is 11.0. The summed E-state index contributed by atoms with van der Waals surface area (Å²) in [5, 5.41) is 8.61. The number of hydrogen-bond donors (Lipinski definition) is 1. The SMILES string of the molecule is CC(=O)C1(C(C)C)CC1.CC(=O)[C@@H](C)C(C)C.CC(=O)[C@H](C)C(C)C.CC(C)C(C)(C)C(=O)O. The van der Waals surface area contributed by atoms with Gasteiger partial charge in [-0.2, -0.15) is 0 Å². The Labute approximate surface area is 210 Å². The zero-order chi connectivity index (χ0) is 28.2. The molecule has 0 aromatic carbocycles. The predicted octanol–water partition coefficient (Wildman–Crippen LogP) is 7.50. The summed E-state index contributed by atoms with van der Waals surface area (Å²) >= 11 is 0. The molecule has 1 aliphatic rings. The molecule has 1 aliphatic carbocycles. The topological polar surface area (TPSA) is 88.5 Å². The summed E-state index contributed by atoms with van der Waals surface area (Å²) in [5.41, 5.74) is -0.472. The summed E-state index contributed by atoms with van der Waals surface area (Å²) in [5.74, 6) is 2.44. The van der Waals surface area contributed by atoms with Crippen LogP contribution in [-0.4, -0.2) is 28.4 Å². The smallest absolute Gasteiger partial charge is 0.309 e. The fraction of sp³-hybridized carbons (Fsp3) is 0.862. The lowest BCUT2D eigenvalue weighted by Gasteiger charge is -2.22. The van der Waals surface area contributed by atoms with Crippen LogP contribution in [0, 0.1) is 46.3 Å². The number of hydrogen-bond acceptors (Lipinski definition) is 4. The minimum absolute atomic E-state index is 0.111. The van der Waals surface area contributed by atoms with Gasteiger partial charge in [0.15, 0.2) is 0 Å². The largest absolute Gasteiger partial charge is 0.481 e. The molecule has 0 radical (unpaired) electrons. The van der Waals surface area contributed by atoms with Crippen LogP contribution in [0.4, 0.5) is 0 Å². The molecule has 1 saturated carbocycles. The fourth-order valence-electron chi connectivity index (χ4n) is 2.66. The molecule has 34 heavy (non-hydrogen) atoms. The molecule has 0 aromatic rings. The zero-order valence-electron chi connectivity index (χ0n) is 25.0. The van der Waals surface area contributed by atoms with Gasteiger partial charge in [-0.3, -0.25) is 19.2 Å². The van der Waals surface area contributed by atoms with E-state index in [0.29, 0.717) is 35.1 Å². The van der Waals surface area contributed by atoms with Crippen molar-refractivity contribution in [3.05, 3.63) is 0 Å². The lowest BCUT2D eigenvalue weighted by atomic mass is 9.81. The molecule has 1 rings (SSSR count). The number of carboxylic acids is 1. The van der Waals surface area contributed by atoms with Crippen LogP contribution in [0.2, 0.25) is 0 Å². The highest BCUT2D eigenvalue weighted by Crippen LogP contribution is 2.52. The van der Waals surface area contributed by atoms with Crippen LogP contribution < -0.4 is 0 Å². The van der Waals surface area contributed by atoms with Gasteiger partial charge in [0, 0.05) is 17.3 Å². The van der Waals surface area contributed by atoms with Crippen LogP contribution in [0.1, 0.15) is 117 Å². The van der Waals surface area contributed by atoms with E-state index in [2.05, 4.69) is 41.5 Å². The average Bonchev–Trinajstić information content (AvgIpc) is 3.50. The van der Waals surface area contributed by atoms with Crippen LogP contribution in [0.25, 0.3) is 0 Å². The van der Waals surface area contributed by atoms with Gasteiger partial charge in [0.1, 0.15) is 17.3 Å². The summed E-state index contributed by atoms with van der Waals surface area (Å²) in [6.07, 6.45) is 2.25. The van der Waals surface area contributed by atoms with Crippen LogP contribution in [-0.2, 0) is 19.2 Å². The van der Waals surface area contributed by atoms with E-state index in [1.54, 1.807) is 34.6 Å². The first-order valence-corrected chi connectivity index (χ1v) is 12.8. The number of carbonyl (C=O) groups is 4. The number of rotatable bonds is 8. The van der Waals surface area contributed by atoms with Gasteiger partial charge in [-0.1, -0.05) is 69.2 Å². The molecule has 202 valence electrons. The Bertz CT molecular complexity index is 593. The number of aliphatic carboxylic acids is 1. The summed E-state index contributed by atoms with van der Waals surface area (Å²) in [7, 11) is 0. The Morgan fingerprint density at radius 1 is 0.676 bits per heavy atom. The Balaban J connectivity index is -0.000000378. The van der Waals surface area contributed by atoms with Crippen molar-refractivity contribution in [3.63, 3.8) is 0 Å². The van der Waals surface area contributed by atoms with Crippen molar-refractivity contribution >= 4 is 23.3 Å². The molecule has 0 unspecified atom stereocenters. The van der Waals surface area contributed by atoms with Crippen molar-refractivity contribution in [2.45, 2.75) is 117 Å². The van der Waals surface area contributed by atoms with Gasteiger partial charge in [-0.05, 0) is 71.1 Å². The van der Waals surface area contributed by atoms with Crippen molar-refractivity contribution in [3.8, 4) is 0 Å². The maximum Gasteiger partial charge on any atom is 0.309 e. The Hall–Kier alpha value is -1.52. The van der Waals surface area contributed by atoms with E-state index in [4.69, 9.17) is 5.11 Å². The van der Waals surface area contributed by atoms with Crippen molar-refractivity contribution < 1.29 is 24.3 Å². The normalized spacial score (nSPS) is 15.7. The highest BCUT2D eigenvalue weighted by atomic mass is 16.4. The van der Waals surface area contributed by atoms with Crippen molar-refractivity contribution in [1.29, 1.82) is 0 Å². The van der Waals surface area contributed by atoms with Crippen molar-refractivity contribution in [1.82, 2.24) is 0 Å². The second-order valence-corrected chi connectivity index (χ2v) is 11.8. The van der Waals surface area contributed by atoms with Crippen LogP contribution in [0.15, 0.2) is 0 Å². The minimum Gasteiger partial charge on any atom is -0.481 e. The first-order chi connectivity index (χ1) is 15.1. The lowest BCUT2D eigenvalue weighted by molar-refractivity contribution is -0.149. The Morgan fingerprint density at radius 3 is 0.971 bits per heavy atom. The molecule has 0 amide bonds. The quantitative estimate of drug-likeness (QED) is 0.385. The van der Waals surface area contributed by atoms with Gasteiger partial charge in [-0.25, -0.2) is 0 Å². The first-order valence-electron chi connectivity index (χ1n) is 12.8. The Kier molecular flexibility index (Phi) is 17.7. The first kappa shape index (κ1) is 37.0. The van der Waals surface area contributed by atoms with Crippen LogP contribution >= 0.6 is 0 Å². The fourth-order valence-corrected chi connectivity index (χ4v) is 2.66. The zero-order valence-corrected chi connectivity index (χ0v) is 25.0. The summed E-state index contributed by atoms with van der Waals surface area (Å²) < 4.78 is 0. The van der Waals surface area contributed by atoms with Crippen LogP contribution in [0.5, 0.6) is 0 Å². The highest BCUT2D eigenvalue weighted by molar-refractivity contribution is 5.85. The molecule has 0 aromatic heterocycles. The van der Waals surface area contributed by atoms with E-state index >= 15 is 0 Å². The lowest BCUT2D eigenvalue weighted by Crippen LogP contribution is -2.29. The maximum atomic E-state index is 11.0. The third kappa shape index (κ3) is 14.0. The van der Waals surface area contributed by atoms with Crippen LogP contribution in [0.3, 0.4) is 0 Å². The third-order valence-corrected chi connectivity index (χ3v) is 7.87. The molecule has 0 saturated heterocycles. The third-order valence-electron chi connectivity index (χ3n) is 7.87. The minimum atomic E-state index is -0.725. The standard InChI is InChI=1S/C8H14O.C7H14O2.2C7H14O/c1-6(2)8(4-5-8)7(3)9;1-5(2)7(3,4)6(8)9;2*1-5(2)6(3)7(4)8/h6H,4-5H2,1-3H3;5H,1-4H3,(H,8,9);2*5-6H,1-4H3/t;;2*6-/m..10/s1. The van der Waals surface area contributed by atoms with E-state index < -0.39 is 11.4 Å². The molecule has 5 heteroatoms. The molecular weight excluding hydrogens is 428 g/mol. The van der Waals surface area contributed by atoms with Gasteiger partial charge in [0.05, 0.1) is 5.41 Å². The average molecular weight is 485 g/mol.